The van der Waals surface area contributed by atoms with Gasteiger partial charge in [-0.15, -0.1) is 0 Å². The van der Waals surface area contributed by atoms with Gasteiger partial charge in [-0.1, -0.05) is 24.3 Å². The first-order chi connectivity index (χ1) is 12.1. The maximum absolute atomic E-state index is 12.1. The van der Waals surface area contributed by atoms with Crippen LogP contribution in [0.25, 0.3) is 10.8 Å². The lowest BCUT2D eigenvalue weighted by Gasteiger charge is -2.12. The van der Waals surface area contributed by atoms with Gasteiger partial charge in [-0.05, 0) is 36.6 Å². The van der Waals surface area contributed by atoms with E-state index in [1.165, 1.54) is 24.3 Å². The molecule has 3 aromatic rings. The third kappa shape index (κ3) is 3.42. The van der Waals surface area contributed by atoms with E-state index in [1.807, 2.05) is 24.3 Å². The van der Waals surface area contributed by atoms with Crippen molar-refractivity contribution in [2.45, 2.75) is 6.92 Å². The minimum atomic E-state index is -0.465. The number of rotatable bonds is 5. The molecular formula is C19H15NO5. The summed E-state index contributed by atoms with van der Waals surface area (Å²) < 4.78 is 10.9. The number of ether oxygens (including phenoxy) is 2. The second-order valence-electron chi connectivity index (χ2n) is 5.23. The molecule has 0 saturated heterocycles. The van der Waals surface area contributed by atoms with Gasteiger partial charge in [0.25, 0.3) is 5.69 Å². The maximum Gasteiger partial charge on any atom is 0.338 e. The van der Waals surface area contributed by atoms with Crippen molar-refractivity contribution in [3.63, 3.8) is 0 Å². The van der Waals surface area contributed by atoms with Crippen LogP contribution in [0.15, 0.2) is 60.7 Å². The van der Waals surface area contributed by atoms with Crippen molar-refractivity contribution in [2.24, 2.45) is 0 Å². The predicted molar refractivity (Wildman–Crippen MR) is 93.1 cm³/mol. The van der Waals surface area contributed by atoms with Crippen molar-refractivity contribution in [1.29, 1.82) is 0 Å². The van der Waals surface area contributed by atoms with Crippen molar-refractivity contribution < 1.29 is 19.2 Å². The Morgan fingerprint density at radius 1 is 1.00 bits per heavy atom. The van der Waals surface area contributed by atoms with Crippen LogP contribution in [-0.4, -0.2) is 17.5 Å². The molecule has 0 N–H and O–H groups in total. The third-order valence-electron chi connectivity index (χ3n) is 3.65. The van der Waals surface area contributed by atoms with Crippen molar-refractivity contribution in [1.82, 2.24) is 0 Å². The van der Waals surface area contributed by atoms with E-state index in [1.54, 1.807) is 19.1 Å². The van der Waals surface area contributed by atoms with Crippen LogP contribution in [0.5, 0.6) is 11.5 Å². The van der Waals surface area contributed by atoms with Gasteiger partial charge in [0, 0.05) is 17.5 Å². The first-order valence-electron chi connectivity index (χ1n) is 7.71. The van der Waals surface area contributed by atoms with Crippen LogP contribution < -0.4 is 4.74 Å². The van der Waals surface area contributed by atoms with E-state index in [9.17, 15) is 14.9 Å². The lowest BCUT2D eigenvalue weighted by atomic mass is 10.0. The molecule has 0 aliphatic heterocycles. The summed E-state index contributed by atoms with van der Waals surface area (Å²) in [5, 5.41) is 12.2. The highest BCUT2D eigenvalue weighted by molar-refractivity contribution is 6.06. The average Bonchev–Trinajstić information content (AvgIpc) is 2.62. The molecule has 0 aromatic heterocycles. The van der Waals surface area contributed by atoms with E-state index in [-0.39, 0.29) is 11.7 Å². The van der Waals surface area contributed by atoms with Crippen molar-refractivity contribution in [3.05, 3.63) is 76.3 Å². The molecule has 0 fully saturated rings. The fourth-order valence-corrected chi connectivity index (χ4v) is 2.51. The Hall–Kier alpha value is -3.41. The molecule has 0 aliphatic rings. The zero-order valence-electron chi connectivity index (χ0n) is 13.5. The highest BCUT2D eigenvalue weighted by atomic mass is 16.6. The van der Waals surface area contributed by atoms with E-state index in [2.05, 4.69) is 0 Å². The molecule has 0 aliphatic carbocycles. The van der Waals surface area contributed by atoms with Gasteiger partial charge in [-0.3, -0.25) is 10.1 Å². The van der Waals surface area contributed by atoms with E-state index < -0.39 is 4.92 Å². The Balaban J connectivity index is 1.98. The van der Waals surface area contributed by atoms with Gasteiger partial charge >= 0.3 is 5.97 Å². The van der Waals surface area contributed by atoms with E-state index in [0.29, 0.717) is 23.7 Å². The van der Waals surface area contributed by atoms with Gasteiger partial charge in [0.1, 0.15) is 11.5 Å². The minimum Gasteiger partial charge on any atom is -0.462 e. The summed E-state index contributed by atoms with van der Waals surface area (Å²) in [6, 6.07) is 16.5. The average molecular weight is 337 g/mol. The molecule has 0 unspecified atom stereocenters. The maximum atomic E-state index is 12.1. The molecule has 0 saturated carbocycles. The van der Waals surface area contributed by atoms with Gasteiger partial charge in [0.15, 0.2) is 0 Å². The number of nitro groups is 1. The molecular weight excluding hydrogens is 322 g/mol. The summed E-state index contributed by atoms with van der Waals surface area (Å²) in [4.78, 5) is 22.4. The molecule has 3 rings (SSSR count). The highest BCUT2D eigenvalue weighted by Crippen LogP contribution is 2.33. The monoisotopic (exact) mass is 337 g/mol. The Morgan fingerprint density at radius 2 is 1.68 bits per heavy atom. The normalized spacial score (nSPS) is 10.4. The first kappa shape index (κ1) is 16.4. The van der Waals surface area contributed by atoms with Crippen molar-refractivity contribution in [2.75, 3.05) is 6.61 Å². The molecule has 0 bridgehead atoms. The zero-order chi connectivity index (χ0) is 17.8. The number of nitrogens with zero attached hydrogens (tertiary/aromatic N) is 1. The molecule has 0 atom stereocenters. The molecule has 6 heteroatoms. The summed E-state index contributed by atoms with van der Waals surface area (Å²) in [6.07, 6.45) is 0. The van der Waals surface area contributed by atoms with Gasteiger partial charge in [-0.2, -0.15) is 0 Å². The third-order valence-corrected chi connectivity index (χ3v) is 3.65. The van der Waals surface area contributed by atoms with Gasteiger partial charge in [0.2, 0.25) is 0 Å². The second-order valence-corrected chi connectivity index (χ2v) is 5.23. The second kappa shape index (κ2) is 7.00. The van der Waals surface area contributed by atoms with Crippen molar-refractivity contribution >= 4 is 22.4 Å². The number of non-ortho nitro benzene ring substituents is 1. The molecule has 0 spiro atoms. The number of hydrogen-bond donors (Lipinski definition) is 0. The van der Waals surface area contributed by atoms with Crippen LogP contribution in [0, 0.1) is 10.1 Å². The number of fused-ring (bicyclic) bond motifs is 1. The van der Waals surface area contributed by atoms with Crippen LogP contribution >= 0.6 is 0 Å². The number of hydrogen-bond acceptors (Lipinski definition) is 5. The predicted octanol–water partition coefficient (Wildman–Crippen LogP) is 4.72. The van der Waals surface area contributed by atoms with Gasteiger partial charge in [0.05, 0.1) is 17.1 Å². The largest absolute Gasteiger partial charge is 0.462 e. The number of esters is 1. The molecule has 0 amide bonds. The number of nitro benzene ring substituents is 1. The summed E-state index contributed by atoms with van der Waals surface area (Å²) in [7, 11) is 0. The fourth-order valence-electron chi connectivity index (χ4n) is 2.51. The number of carbonyl (C=O) groups is 1. The van der Waals surface area contributed by atoms with Crippen LogP contribution in [-0.2, 0) is 4.74 Å². The molecule has 6 nitrogen and oxygen atoms in total. The van der Waals surface area contributed by atoms with Crippen LogP contribution in [0.4, 0.5) is 5.69 Å². The lowest BCUT2D eigenvalue weighted by molar-refractivity contribution is -0.384. The Morgan fingerprint density at radius 3 is 2.32 bits per heavy atom. The van der Waals surface area contributed by atoms with E-state index in [4.69, 9.17) is 9.47 Å². The van der Waals surface area contributed by atoms with Gasteiger partial charge < -0.3 is 9.47 Å². The summed E-state index contributed by atoms with van der Waals surface area (Å²) in [5.74, 6) is 0.637. The minimum absolute atomic E-state index is 0.00475. The van der Waals surface area contributed by atoms with E-state index in [0.717, 1.165) is 10.8 Å². The summed E-state index contributed by atoms with van der Waals surface area (Å²) in [5.41, 5.74) is 0.461. The lowest BCUT2D eigenvalue weighted by Crippen LogP contribution is -2.05. The number of carbonyl (C=O) groups excluding carboxylic acids is 1. The highest BCUT2D eigenvalue weighted by Gasteiger charge is 2.14. The fraction of sp³-hybridized carbons (Fsp3) is 0.105. The quantitative estimate of drug-likeness (QED) is 0.382. The van der Waals surface area contributed by atoms with Crippen LogP contribution in [0.2, 0.25) is 0 Å². The molecule has 0 radical (unpaired) electrons. The summed E-state index contributed by atoms with van der Waals surface area (Å²) >= 11 is 0. The number of benzene rings is 3. The summed E-state index contributed by atoms with van der Waals surface area (Å²) in [6.45, 7) is 2.06. The van der Waals surface area contributed by atoms with Crippen LogP contribution in [0.3, 0.4) is 0 Å². The SMILES string of the molecule is CCOC(=O)c1ccc(Oc2ccc([N+](=O)[O-])cc2)c2ccccc12. The van der Waals surface area contributed by atoms with E-state index >= 15 is 0 Å². The Kier molecular flexibility index (Phi) is 4.61. The smallest absolute Gasteiger partial charge is 0.338 e. The Bertz CT molecular complexity index is 934. The van der Waals surface area contributed by atoms with Crippen molar-refractivity contribution in [3.8, 4) is 11.5 Å². The first-order valence-corrected chi connectivity index (χ1v) is 7.71. The molecule has 3 aromatic carbocycles. The molecule has 126 valence electrons. The van der Waals surface area contributed by atoms with Crippen LogP contribution in [0.1, 0.15) is 17.3 Å². The van der Waals surface area contributed by atoms with Gasteiger partial charge in [-0.25, -0.2) is 4.79 Å². The Labute approximate surface area is 143 Å². The molecule has 0 heterocycles. The topological polar surface area (TPSA) is 78.7 Å². The zero-order valence-corrected chi connectivity index (χ0v) is 13.5. The molecule has 25 heavy (non-hydrogen) atoms. The standard InChI is InChI=1S/C19H15NO5/c1-2-24-19(21)17-11-12-18(16-6-4-3-5-15(16)17)25-14-9-7-13(8-10-14)20(22)23/h3-12H,2H2,1H3.